The van der Waals surface area contributed by atoms with E-state index in [1.54, 1.807) is 30.3 Å². The Morgan fingerprint density at radius 3 is 2.50 bits per heavy atom. The molecule has 1 aromatic carbocycles. The van der Waals surface area contributed by atoms with Crippen molar-refractivity contribution in [1.29, 1.82) is 0 Å². The summed E-state index contributed by atoms with van der Waals surface area (Å²) in [6, 6.07) is 8.12. The average molecular weight is 494 g/mol. The largest absolute Gasteiger partial charge is 0.472 e. The fourth-order valence-corrected chi connectivity index (χ4v) is 6.25. The van der Waals surface area contributed by atoms with E-state index in [1.165, 1.54) is 4.31 Å². The van der Waals surface area contributed by atoms with Gasteiger partial charge in [-0.05, 0) is 57.2 Å². The SMILES string of the molecule is NCCC[C@H](NC=O)OB(O)C1(C(=O)NC2CCN(S(=O)(=O)c3ccccc3)CC2)CCCC1. The van der Waals surface area contributed by atoms with Gasteiger partial charge in [0.2, 0.25) is 22.3 Å². The molecule has 1 aliphatic heterocycles. The molecular weight excluding hydrogens is 459 g/mol. The minimum absolute atomic E-state index is 0.194. The number of amides is 2. The Kier molecular flexibility index (Phi) is 9.49. The summed E-state index contributed by atoms with van der Waals surface area (Å²) in [7, 11) is -4.94. The Morgan fingerprint density at radius 1 is 1.26 bits per heavy atom. The molecule has 0 radical (unpaired) electrons. The van der Waals surface area contributed by atoms with Crippen LogP contribution < -0.4 is 16.4 Å². The fraction of sp³-hybridized carbons (Fsp3) is 0.636. The third-order valence-corrected chi connectivity index (χ3v) is 8.72. The second-order valence-electron chi connectivity index (χ2n) is 9.02. The molecule has 1 saturated heterocycles. The van der Waals surface area contributed by atoms with E-state index in [0.29, 0.717) is 64.6 Å². The number of sulfonamides is 1. The first-order chi connectivity index (χ1) is 16.3. The zero-order chi connectivity index (χ0) is 24.6. The molecule has 0 spiro atoms. The number of benzene rings is 1. The maximum absolute atomic E-state index is 13.3. The molecule has 1 saturated carbocycles. The highest BCUT2D eigenvalue weighted by atomic mass is 32.2. The number of nitrogens with two attached hydrogens (primary N) is 1. The predicted molar refractivity (Wildman–Crippen MR) is 128 cm³/mol. The molecule has 5 N–H and O–H groups in total. The molecule has 3 rings (SSSR count). The number of nitrogens with zero attached hydrogens (tertiary/aromatic N) is 1. The highest BCUT2D eigenvalue weighted by Crippen LogP contribution is 2.47. The van der Waals surface area contributed by atoms with Gasteiger partial charge in [0.25, 0.3) is 0 Å². The minimum Gasteiger partial charge on any atom is -0.426 e. The van der Waals surface area contributed by atoms with E-state index in [9.17, 15) is 23.0 Å². The van der Waals surface area contributed by atoms with Crippen molar-refractivity contribution in [2.45, 2.75) is 73.8 Å². The van der Waals surface area contributed by atoms with Gasteiger partial charge in [0.05, 0.1) is 10.2 Å². The van der Waals surface area contributed by atoms with Crippen molar-refractivity contribution in [2.75, 3.05) is 19.6 Å². The van der Waals surface area contributed by atoms with Crippen LogP contribution in [0.25, 0.3) is 0 Å². The molecule has 188 valence electrons. The molecule has 0 bridgehead atoms. The van der Waals surface area contributed by atoms with E-state index in [-0.39, 0.29) is 16.8 Å². The summed E-state index contributed by atoms with van der Waals surface area (Å²) < 4.78 is 32.9. The summed E-state index contributed by atoms with van der Waals surface area (Å²) in [5.41, 5.74) is 5.53. The van der Waals surface area contributed by atoms with Crippen LogP contribution in [-0.2, 0) is 24.3 Å². The third kappa shape index (κ3) is 6.17. The zero-order valence-electron chi connectivity index (χ0n) is 19.4. The lowest BCUT2D eigenvalue weighted by Gasteiger charge is -2.36. The first-order valence-electron chi connectivity index (χ1n) is 11.9. The van der Waals surface area contributed by atoms with Gasteiger partial charge in [-0.1, -0.05) is 31.0 Å². The third-order valence-electron chi connectivity index (χ3n) is 6.81. The zero-order valence-corrected chi connectivity index (χ0v) is 20.2. The average Bonchev–Trinajstić information content (AvgIpc) is 3.35. The normalized spacial score (nSPS) is 19.9. The van der Waals surface area contributed by atoms with Crippen molar-refractivity contribution < 1.29 is 27.7 Å². The molecule has 1 heterocycles. The first-order valence-corrected chi connectivity index (χ1v) is 13.4. The van der Waals surface area contributed by atoms with Crippen molar-refractivity contribution in [3.63, 3.8) is 0 Å². The summed E-state index contributed by atoms with van der Waals surface area (Å²) >= 11 is 0. The van der Waals surface area contributed by atoms with Crippen LogP contribution in [0, 0.1) is 0 Å². The first kappa shape index (κ1) is 26.6. The van der Waals surface area contributed by atoms with Gasteiger partial charge in [-0.25, -0.2) is 8.42 Å². The lowest BCUT2D eigenvalue weighted by atomic mass is 9.55. The number of hydrogen-bond donors (Lipinski definition) is 4. The van der Waals surface area contributed by atoms with E-state index >= 15 is 0 Å². The molecular formula is C22H35BN4O6S. The van der Waals surface area contributed by atoms with Gasteiger partial charge in [-0.2, -0.15) is 4.31 Å². The topological polar surface area (TPSA) is 151 Å². The lowest BCUT2D eigenvalue weighted by molar-refractivity contribution is -0.126. The lowest BCUT2D eigenvalue weighted by Crippen LogP contribution is -2.53. The molecule has 12 heteroatoms. The molecule has 2 fully saturated rings. The maximum atomic E-state index is 13.3. The monoisotopic (exact) mass is 494 g/mol. The van der Waals surface area contributed by atoms with Crippen molar-refractivity contribution in [3.8, 4) is 0 Å². The second-order valence-corrected chi connectivity index (χ2v) is 11.0. The van der Waals surface area contributed by atoms with Gasteiger partial charge < -0.3 is 26.0 Å². The van der Waals surface area contributed by atoms with Gasteiger partial charge in [-0.15, -0.1) is 0 Å². The summed E-state index contributed by atoms with van der Waals surface area (Å²) in [5.74, 6) is -0.287. The van der Waals surface area contributed by atoms with Crippen molar-refractivity contribution >= 4 is 29.5 Å². The molecule has 1 aliphatic carbocycles. The summed E-state index contributed by atoms with van der Waals surface area (Å²) in [6.07, 6.45) is 4.30. The summed E-state index contributed by atoms with van der Waals surface area (Å²) in [6.45, 7) is 1.03. The van der Waals surface area contributed by atoms with Crippen LogP contribution in [0.5, 0.6) is 0 Å². The molecule has 2 aliphatic rings. The highest BCUT2D eigenvalue weighted by molar-refractivity contribution is 7.89. The maximum Gasteiger partial charge on any atom is 0.472 e. The quantitative estimate of drug-likeness (QED) is 0.189. The molecule has 1 atom stereocenters. The van der Waals surface area contributed by atoms with E-state index in [0.717, 1.165) is 12.8 Å². The molecule has 0 aromatic heterocycles. The van der Waals surface area contributed by atoms with Gasteiger partial charge in [0.15, 0.2) is 0 Å². The summed E-state index contributed by atoms with van der Waals surface area (Å²) in [5, 5.41) is 15.4. The smallest absolute Gasteiger partial charge is 0.426 e. The second kappa shape index (κ2) is 12.1. The highest BCUT2D eigenvalue weighted by Gasteiger charge is 2.53. The van der Waals surface area contributed by atoms with Gasteiger partial charge in [0, 0.05) is 19.1 Å². The number of hydrogen-bond acceptors (Lipinski definition) is 7. The number of rotatable bonds is 12. The van der Waals surface area contributed by atoms with Crippen molar-refractivity contribution in [2.24, 2.45) is 5.73 Å². The molecule has 2 amide bonds. The van der Waals surface area contributed by atoms with Crippen LogP contribution in [-0.4, -0.2) is 69.1 Å². The molecule has 34 heavy (non-hydrogen) atoms. The van der Waals surface area contributed by atoms with E-state index in [2.05, 4.69) is 10.6 Å². The Bertz CT molecular complexity index is 905. The van der Waals surface area contributed by atoms with Crippen LogP contribution in [0.15, 0.2) is 35.2 Å². The minimum atomic E-state index is -3.57. The fourth-order valence-electron chi connectivity index (χ4n) is 4.76. The van der Waals surface area contributed by atoms with Crippen LogP contribution in [0.4, 0.5) is 0 Å². The number of piperidine rings is 1. The van der Waals surface area contributed by atoms with E-state index in [4.69, 9.17) is 10.4 Å². The van der Waals surface area contributed by atoms with E-state index in [1.807, 2.05) is 0 Å². The molecule has 0 unspecified atom stereocenters. The molecule has 1 aromatic rings. The van der Waals surface area contributed by atoms with Crippen molar-refractivity contribution in [3.05, 3.63) is 30.3 Å². The van der Waals surface area contributed by atoms with E-state index < -0.39 is 28.7 Å². The van der Waals surface area contributed by atoms with Crippen LogP contribution >= 0.6 is 0 Å². The Hall–Kier alpha value is -1.99. The Balaban J connectivity index is 1.60. The van der Waals surface area contributed by atoms with Crippen LogP contribution in [0.3, 0.4) is 0 Å². The molecule has 10 nitrogen and oxygen atoms in total. The summed E-state index contributed by atoms with van der Waals surface area (Å²) in [4.78, 5) is 24.5. The van der Waals surface area contributed by atoms with Crippen molar-refractivity contribution in [1.82, 2.24) is 14.9 Å². The van der Waals surface area contributed by atoms with Gasteiger partial charge >= 0.3 is 7.12 Å². The number of carbonyl (C=O) groups excluding carboxylic acids is 2. The predicted octanol–water partition coefficient (Wildman–Crippen LogP) is 0.578. The van der Waals surface area contributed by atoms with Gasteiger partial charge in [-0.3, -0.25) is 9.59 Å². The van der Waals surface area contributed by atoms with Gasteiger partial charge in [0.1, 0.15) is 6.23 Å². The standard InChI is InChI=1S/C22H35BN4O6S/c24-14-6-9-20(25-17-28)33-23(30)22(12-4-5-13-22)21(29)26-18-10-15-27(16-11-18)34(31,32)19-7-2-1-3-8-19/h1-3,7-8,17-18,20,30H,4-6,9-16,24H2,(H,25,28)(H,26,29)/t20-/m1/s1. The van der Waals surface area contributed by atoms with Crippen LogP contribution in [0.2, 0.25) is 5.31 Å². The number of carbonyl (C=O) groups is 2. The Morgan fingerprint density at radius 2 is 1.91 bits per heavy atom. The Labute approximate surface area is 201 Å². The number of nitrogens with one attached hydrogen (secondary N) is 2. The van der Waals surface area contributed by atoms with Crippen LogP contribution in [0.1, 0.15) is 51.4 Å².